The molecule has 1 fully saturated rings. The van der Waals surface area contributed by atoms with E-state index in [0.717, 1.165) is 4.90 Å². The van der Waals surface area contributed by atoms with Gasteiger partial charge in [-0.05, 0) is 18.3 Å². The van der Waals surface area contributed by atoms with Crippen LogP contribution in [0.4, 0.5) is 5.69 Å². The van der Waals surface area contributed by atoms with Crippen LogP contribution in [0.25, 0.3) is 5.57 Å². The van der Waals surface area contributed by atoms with Crippen LogP contribution in [-0.4, -0.2) is 28.7 Å². The summed E-state index contributed by atoms with van der Waals surface area (Å²) >= 11 is 4.72. The van der Waals surface area contributed by atoms with Gasteiger partial charge in [-0.25, -0.2) is 4.90 Å². The van der Waals surface area contributed by atoms with Crippen molar-refractivity contribution in [1.82, 2.24) is 10.6 Å². The Labute approximate surface area is 130 Å². The number of fused-ring (bicyclic) bond motifs is 1. The molecule has 2 aliphatic heterocycles. The SMILES string of the molecule is CC(=O)N1C(=O)C(=C2C(=O)NC(=S)NC2=O)c2ccccc21. The first-order valence-electron chi connectivity index (χ1n) is 6.27. The van der Waals surface area contributed by atoms with Crippen LogP contribution in [0, 0.1) is 0 Å². The smallest absolute Gasteiger partial charge is 0.266 e. The predicted octanol–water partition coefficient (Wildman–Crippen LogP) is -0.136. The Hall–Kier alpha value is -2.87. The number of imide groups is 1. The van der Waals surface area contributed by atoms with Crippen LogP contribution in [0.1, 0.15) is 12.5 Å². The van der Waals surface area contributed by atoms with E-state index in [1.807, 2.05) is 0 Å². The molecule has 0 atom stereocenters. The van der Waals surface area contributed by atoms with Gasteiger partial charge in [0.15, 0.2) is 5.11 Å². The summed E-state index contributed by atoms with van der Waals surface area (Å²) in [4.78, 5) is 49.3. The van der Waals surface area contributed by atoms with E-state index in [-0.39, 0.29) is 16.3 Å². The summed E-state index contributed by atoms with van der Waals surface area (Å²) in [7, 11) is 0. The summed E-state index contributed by atoms with van der Waals surface area (Å²) in [5, 5.41) is 4.43. The Kier molecular flexibility index (Phi) is 3.10. The maximum absolute atomic E-state index is 12.5. The van der Waals surface area contributed by atoms with Crippen LogP contribution in [-0.2, 0) is 19.2 Å². The van der Waals surface area contributed by atoms with E-state index in [9.17, 15) is 19.2 Å². The second-order valence-electron chi connectivity index (χ2n) is 4.66. The van der Waals surface area contributed by atoms with Crippen LogP contribution in [0.3, 0.4) is 0 Å². The van der Waals surface area contributed by atoms with E-state index >= 15 is 0 Å². The molecule has 3 rings (SSSR count). The minimum absolute atomic E-state index is 0.108. The zero-order valence-electron chi connectivity index (χ0n) is 11.3. The molecule has 110 valence electrons. The first-order chi connectivity index (χ1) is 10.4. The van der Waals surface area contributed by atoms with Crippen molar-refractivity contribution >= 4 is 52.2 Å². The molecular weight excluding hydrogens is 306 g/mol. The van der Waals surface area contributed by atoms with E-state index < -0.39 is 23.6 Å². The second kappa shape index (κ2) is 4.85. The maximum atomic E-state index is 12.5. The standard InChI is InChI=1S/C14H9N3O4S/c1-6(18)17-8-5-3-2-4-7(8)9(13(17)21)10-11(19)15-14(22)16-12(10)20/h2-5H,1H3,(H2,15,16,19,20,22). The first-order valence-corrected chi connectivity index (χ1v) is 6.68. The highest BCUT2D eigenvalue weighted by molar-refractivity contribution is 7.80. The van der Waals surface area contributed by atoms with E-state index in [4.69, 9.17) is 12.2 Å². The number of nitrogens with zero attached hydrogens (tertiary/aromatic N) is 1. The number of carbonyl (C=O) groups excluding carboxylic acids is 4. The molecule has 1 aromatic carbocycles. The normalized spacial score (nSPS) is 17.4. The molecule has 0 aromatic heterocycles. The van der Waals surface area contributed by atoms with Crippen molar-refractivity contribution in [2.24, 2.45) is 0 Å². The average Bonchev–Trinajstić information content (AvgIpc) is 2.71. The number of nitrogens with one attached hydrogen (secondary N) is 2. The number of para-hydroxylation sites is 1. The Morgan fingerprint density at radius 3 is 2.23 bits per heavy atom. The van der Waals surface area contributed by atoms with Gasteiger partial charge in [-0.2, -0.15) is 0 Å². The van der Waals surface area contributed by atoms with Gasteiger partial charge in [0.2, 0.25) is 5.91 Å². The molecule has 7 nitrogen and oxygen atoms in total. The fraction of sp³-hybridized carbons (Fsp3) is 0.0714. The lowest BCUT2D eigenvalue weighted by Crippen LogP contribution is -2.52. The fourth-order valence-electron chi connectivity index (χ4n) is 2.46. The fourth-order valence-corrected chi connectivity index (χ4v) is 2.65. The van der Waals surface area contributed by atoms with Gasteiger partial charge in [-0.1, -0.05) is 18.2 Å². The lowest BCUT2D eigenvalue weighted by Gasteiger charge is -2.18. The first kappa shape index (κ1) is 14.1. The summed E-state index contributed by atoms with van der Waals surface area (Å²) in [6, 6.07) is 6.46. The lowest BCUT2D eigenvalue weighted by atomic mass is 9.99. The summed E-state index contributed by atoms with van der Waals surface area (Å²) in [6.07, 6.45) is 0. The van der Waals surface area contributed by atoms with Gasteiger partial charge >= 0.3 is 0 Å². The molecule has 0 spiro atoms. The number of thiocarbonyl (C=S) groups is 1. The topological polar surface area (TPSA) is 95.6 Å². The van der Waals surface area contributed by atoms with E-state index in [1.165, 1.54) is 6.92 Å². The van der Waals surface area contributed by atoms with Gasteiger partial charge in [0.25, 0.3) is 17.7 Å². The molecule has 8 heteroatoms. The molecule has 22 heavy (non-hydrogen) atoms. The molecule has 0 aliphatic carbocycles. The molecule has 2 N–H and O–H groups in total. The van der Waals surface area contributed by atoms with Crippen molar-refractivity contribution in [3.8, 4) is 0 Å². The number of benzene rings is 1. The Morgan fingerprint density at radius 1 is 1.05 bits per heavy atom. The summed E-state index contributed by atoms with van der Waals surface area (Å²) < 4.78 is 0. The van der Waals surface area contributed by atoms with Gasteiger partial charge < -0.3 is 0 Å². The zero-order chi connectivity index (χ0) is 16.0. The molecule has 0 radical (unpaired) electrons. The largest absolute Gasteiger partial charge is 0.299 e. The number of carbonyl (C=O) groups is 4. The third-order valence-electron chi connectivity index (χ3n) is 3.30. The summed E-state index contributed by atoms with van der Waals surface area (Å²) in [6.45, 7) is 1.23. The van der Waals surface area contributed by atoms with Crippen molar-refractivity contribution in [3.63, 3.8) is 0 Å². The highest BCUT2D eigenvalue weighted by Gasteiger charge is 2.41. The van der Waals surface area contributed by atoms with Gasteiger partial charge in [0, 0.05) is 12.5 Å². The Morgan fingerprint density at radius 2 is 1.64 bits per heavy atom. The van der Waals surface area contributed by atoms with Crippen LogP contribution in [0.5, 0.6) is 0 Å². The molecule has 0 bridgehead atoms. The second-order valence-corrected chi connectivity index (χ2v) is 5.07. The quantitative estimate of drug-likeness (QED) is 0.395. The number of hydrogen-bond acceptors (Lipinski definition) is 5. The molecule has 0 saturated carbocycles. The van der Waals surface area contributed by atoms with Crippen molar-refractivity contribution in [1.29, 1.82) is 0 Å². The van der Waals surface area contributed by atoms with Gasteiger partial charge in [0.05, 0.1) is 11.3 Å². The highest BCUT2D eigenvalue weighted by atomic mass is 32.1. The molecular formula is C14H9N3O4S. The number of anilines is 1. The molecule has 1 aromatic rings. The third kappa shape index (κ3) is 1.92. The molecule has 2 heterocycles. The molecule has 2 aliphatic rings. The summed E-state index contributed by atoms with van der Waals surface area (Å²) in [5.41, 5.74) is 0.241. The zero-order valence-corrected chi connectivity index (χ0v) is 12.1. The Bertz CT molecular complexity index is 790. The average molecular weight is 315 g/mol. The van der Waals surface area contributed by atoms with Gasteiger partial charge in [-0.15, -0.1) is 0 Å². The van der Waals surface area contributed by atoms with Crippen LogP contribution in [0.2, 0.25) is 0 Å². The third-order valence-corrected chi connectivity index (χ3v) is 3.51. The molecule has 1 saturated heterocycles. The monoisotopic (exact) mass is 315 g/mol. The number of amides is 4. The van der Waals surface area contributed by atoms with E-state index in [1.54, 1.807) is 24.3 Å². The van der Waals surface area contributed by atoms with Crippen molar-refractivity contribution in [3.05, 3.63) is 35.4 Å². The van der Waals surface area contributed by atoms with Gasteiger partial charge in [-0.3, -0.25) is 29.8 Å². The predicted molar refractivity (Wildman–Crippen MR) is 80.4 cm³/mol. The summed E-state index contributed by atoms with van der Waals surface area (Å²) in [5.74, 6) is -2.74. The highest BCUT2D eigenvalue weighted by Crippen LogP contribution is 2.38. The molecule has 4 amide bonds. The van der Waals surface area contributed by atoms with Crippen molar-refractivity contribution < 1.29 is 19.2 Å². The van der Waals surface area contributed by atoms with Crippen LogP contribution < -0.4 is 15.5 Å². The van der Waals surface area contributed by atoms with Gasteiger partial charge in [0.1, 0.15) is 5.57 Å². The van der Waals surface area contributed by atoms with Crippen molar-refractivity contribution in [2.45, 2.75) is 6.92 Å². The number of hydrogen-bond donors (Lipinski definition) is 2. The Balaban J connectivity index is 2.27. The van der Waals surface area contributed by atoms with Crippen molar-refractivity contribution in [2.75, 3.05) is 4.90 Å². The van der Waals surface area contributed by atoms with Crippen LogP contribution >= 0.6 is 12.2 Å². The van der Waals surface area contributed by atoms with E-state index in [2.05, 4.69) is 10.6 Å². The van der Waals surface area contributed by atoms with E-state index in [0.29, 0.717) is 11.3 Å². The molecule has 0 unspecified atom stereocenters. The van der Waals surface area contributed by atoms with Crippen LogP contribution in [0.15, 0.2) is 29.8 Å². The number of rotatable bonds is 0. The minimum atomic E-state index is -0.766. The lowest BCUT2D eigenvalue weighted by molar-refractivity contribution is -0.125. The maximum Gasteiger partial charge on any atom is 0.266 e. The minimum Gasteiger partial charge on any atom is -0.299 e.